The molecule has 2 aliphatic heterocycles. The summed E-state index contributed by atoms with van der Waals surface area (Å²) in [5.74, 6) is 0. The van der Waals surface area contributed by atoms with Gasteiger partial charge in [-0.05, 0) is 51.4 Å². The van der Waals surface area contributed by atoms with Gasteiger partial charge in [0.2, 0.25) is 0 Å². The summed E-state index contributed by atoms with van der Waals surface area (Å²) in [6, 6.07) is 3.30. The average Bonchev–Trinajstić information content (AvgIpc) is 2.61. The van der Waals surface area contributed by atoms with Gasteiger partial charge in [-0.3, -0.25) is 0 Å². The van der Waals surface area contributed by atoms with E-state index in [1.807, 2.05) is 0 Å². The second kappa shape index (κ2) is 8.10. The van der Waals surface area contributed by atoms with Crippen LogP contribution in [0.1, 0.15) is 89.9 Å². The van der Waals surface area contributed by atoms with Crippen molar-refractivity contribution in [2.45, 2.75) is 125 Å². The van der Waals surface area contributed by atoms with Crippen LogP contribution in [0.4, 0.5) is 0 Å². The van der Waals surface area contributed by atoms with Crippen LogP contribution in [0.3, 0.4) is 0 Å². The van der Waals surface area contributed by atoms with E-state index in [1.165, 1.54) is 89.9 Å². The molecule has 2 aliphatic carbocycles. The highest BCUT2D eigenvalue weighted by atomic mass is 32.2. The van der Waals surface area contributed by atoms with Crippen LogP contribution < -0.4 is 10.6 Å². The van der Waals surface area contributed by atoms with Crippen molar-refractivity contribution >= 4 is 11.8 Å². The van der Waals surface area contributed by atoms with Gasteiger partial charge >= 0.3 is 0 Å². The van der Waals surface area contributed by atoms with Gasteiger partial charge in [0.25, 0.3) is 0 Å². The Kier molecular flexibility index (Phi) is 5.89. The first-order chi connectivity index (χ1) is 11.4. The molecule has 2 bridgehead atoms. The normalized spacial score (nSPS) is 40.2. The Morgan fingerprint density at radius 1 is 0.478 bits per heavy atom. The zero-order valence-electron chi connectivity index (χ0n) is 14.8. The van der Waals surface area contributed by atoms with Crippen LogP contribution in [-0.4, -0.2) is 34.7 Å². The van der Waals surface area contributed by atoms with Crippen molar-refractivity contribution in [3.05, 3.63) is 0 Å². The van der Waals surface area contributed by atoms with Crippen LogP contribution in [0.2, 0.25) is 0 Å². The molecule has 0 aromatic rings. The summed E-state index contributed by atoms with van der Waals surface area (Å²) in [5, 5.41) is 9.94. The molecule has 0 aromatic carbocycles. The van der Waals surface area contributed by atoms with Crippen molar-refractivity contribution in [3.63, 3.8) is 0 Å². The lowest BCUT2D eigenvalue weighted by Crippen LogP contribution is -2.55. The Morgan fingerprint density at radius 3 is 1.35 bits per heavy atom. The smallest absolute Gasteiger partial charge is 0.0205 e. The van der Waals surface area contributed by atoms with E-state index in [2.05, 4.69) is 22.4 Å². The van der Waals surface area contributed by atoms with Crippen molar-refractivity contribution in [3.8, 4) is 0 Å². The second-order valence-corrected chi connectivity index (χ2v) is 10.1. The van der Waals surface area contributed by atoms with Gasteiger partial charge in [-0.1, -0.05) is 38.5 Å². The van der Waals surface area contributed by atoms with Crippen molar-refractivity contribution in [1.82, 2.24) is 10.6 Å². The van der Waals surface area contributed by atoms with E-state index in [4.69, 9.17) is 0 Å². The fourth-order valence-corrected chi connectivity index (χ4v) is 7.34. The van der Waals surface area contributed by atoms with Gasteiger partial charge < -0.3 is 10.6 Å². The van der Waals surface area contributed by atoms with Gasteiger partial charge in [0.05, 0.1) is 0 Å². The molecule has 4 unspecified atom stereocenters. The van der Waals surface area contributed by atoms with E-state index in [-0.39, 0.29) is 0 Å². The Labute approximate surface area is 147 Å². The molecule has 2 heterocycles. The summed E-state index contributed by atoms with van der Waals surface area (Å²) in [4.78, 5) is 0. The molecule has 0 amide bonds. The third kappa shape index (κ3) is 4.27. The quantitative estimate of drug-likeness (QED) is 0.783. The Hall–Kier alpha value is 0.270. The van der Waals surface area contributed by atoms with Crippen molar-refractivity contribution in [1.29, 1.82) is 0 Å². The van der Waals surface area contributed by atoms with Crippen molar-refractivity contribution in [2.24, 2.45) is 0 Å². The van der Waals surface area contributed by atoms with Gasteiger partial charge in [-0.2, -0.15) is 11.8 Å². The minimum absolute atomic E-state index is 0.815. The summed E-state index contributed by atoms with van der Waals surface area (Å²) in [6.07, 6.45) is 20.2. The van der Waals surface area contributed by atoms with Crippen LogP contribution in [0.15, 0.2) is 0 Å². The van der Waals surface area contributed by atoms with E-state index >= 15 is 0 Å². The lowest BCUT2D eigenvalue weighted by molar-refractivity contribution is 0.262. The highest BCUT2D eigenvalue weighted by Crippen LogP contribution is 2.42. The number of rotatable bonds is 4. The van der Waals surface area contributed by atoms with Crippen LogP contribution in [0.5, 0.6) is 0 Å². The van der Waals surface area contributed by atoms with Gasteiger partial charge in [0.1, 0.15) is 0 Å². The minimum atomic E-state index is 0.815. The fourth-order valence-electron chi connectivity index (χ4n) is 5.54. The van der Waals surface area contributed by atoms with E-state index in [0.29, 0.717) is 0 Å². The molecule has 23 heavy (non-hydrogen) atoms. The number of nitrogens with one attached hydrogen (secondary N) is 2. The number of thioether (sulfide) groups is 1. The first-order valence-corrected chi connectivity index (χ1v) is 11.5. The summed E-state index contributed by atoms with van der Waals surface area (Å²) >= 11 is 2.34. The first-order valence-electron chi connectivity index (χ1n) is 10.6. The van der Waals surface area contributed by atoms with E-state index < -0.39 is 0 Å². The Morgan fingerprint density at radius 2 is 0.913 bits per heavy atom. The first kappa shape index (κ1) is 16.7. The van der Waals surface area contributed by atoms with Crippen molar-refractivity contribution < 1.29 is 0 Å². The van der Waals surface area contributed by atoms with Crippen LogP contribution in [-0.2, 0) is 0 Å². The molecule has 2 saturated heterocycles. The molecule has 3 heteroatoms. The molecule has 4 rings (SSSR count). The van der Waals surface area contributed by atoms with E-state index in [0.717, 1.165) is 34.7 Å². The zero-order chi connectivity index (χ0) is 15.5. The topological polar surface area (TPSA) is 24.1 Å². The molecule has 2 N–H and O–H groups in total. The summed E-state index contributed by atoms with van der Waals surface area (Å²) in [6.45, 7) is 0. The monoisotopic (exact) mass is 336 g/mol. The Balaban J connectivity index is 1.26. The molecule has 4 fully saturated rings. The molecule has 0 radical (unpaired) electrons. The molecule has 132 valence electrons. The molecule has 2 saturated carbocycles. The molecular formula is C20H36N2S. The second-order valence-electron chi connectivity index (χ2n) is 8.58. The maximum Gasteiger partial charge on any atom is 0.0205 e. The van der Waals surface area contributed by atoms with E-state index in [1.54, 1.807) is 0 Å². The SMILES string of the molecule is C1CCC(NC2CCC3SC2CCC3NC2CCCCC2)CC1. The molecular weight excluding hydrogens is 300 g/mol. The van der Waals surface area contributed by atoms with Gasteiger partial charge in [0, 0.05) is 34.7 Å². The summed E-state index contributed by atoms with van der Waals surface area (Å²) < 4.78 is 0. The fraction of sp³-hybridized carbons (Fsp3) is 1.00. The van der Waals surface area contributed by atoms with Gasteiger partial charge in [-0.15, -0.1) is 0 Å². The maximum absolute atomic E-state index is 4.07. The molecule has 0 aromatic heterocycles. The standard InChI is InChI=1S/C20H36N2S/c1-3-7-15(8-4-1)21-17-11-13-20-18(12-14-19(17)23-20)22-16-9-5-2-6-10-16/h15-22H,1-14H2. The maximum atomic E-state index is 4.07. The summed E-state index contributed by atoms with van der Waals surface area (Å²) in [7, 11) is 0. The highest BCUT2D eigenvalue weighted by Gasteiger charge is 2.40. The highest BCUT2D eigenvalue weighted by molar-refractivity contribution is 8.00. The molecule has 0 spiro atoms. The predicted molar refractivity (Wildman–Crippen MR) is 101 cm³/mol. The van der Waals surface area contributed by atoms with Crippen LogP contribution in [0, 0.1) is 0 Å². The Bertz CT molecular complexity index is 329. The van der Waals surface area contributed by atoms with Crippen LogP contribution >= 0.6 is 11.8 Å². The zero-order valence-corrected chi connectivity index (χ0v) is 15.6. The minimum Gasteiger partial charge on any atom is -0.310 e. The lowest BCUT2D eigenvalue weighted by Gasteiger charge is -2.46. The van der Waals surface area contributed by atoms with Gasteiger partial charge in [-0.25, -0.2) is 0 Å². The number of hydrogen-bond acceptors (Lipinski definition) is 3. The third-order valence-corrected chi connectivity index (χ3v) is 8.71. The lowest BCUT2D eigenvalue weighted by atomic mass is 9.88. The molecule has 4 aliphatic rings. The van der Waals surface area contributed by atoms with Gasteiger partial charge in [0.15, 0.2) is 0 Å². The predicted octanol–water partition coefficient (Wildman–Crippen LogP) is 4.63. The third-order valence-electron chi connectivity index (χ3n) is 6.88. The van der Waals surface area contributed by atoms with E-state index in [9.17, 15) is 0 Å². The van der Waals surface area contributed by atoms with Crippen LogP contribution in [0.25, 0.3) is 0 Å². The summed E-state index contributed by atoms with van der Waals surface area (Å²) in [5.41, 5.74) is 0. The average molecular weight is 337 g/mol. The van der Waals surface area contributed by atoms with Crippen molar-refractivity contribution in [2.75, 3.05) is 0 Å². The number of fused-ring (bicyclic) bond motifs is 2. The molecule has 4 atom stereocenters. The number of hydrogen-bond donors (Lipinski definition) is 2. The largest absolute Gasteiger partial charge is 0.310 e. The molecule has 2 nitrogen and oxygen atoms in total.